The largest absolute Gasteiger partial charge is 0.341 e. The summed E-state index contributed by atoms with van der Waals surface area (Å²) in [5.74, 6) is 1.56. The number of pyridine rings is 1. The third-order valence-corrected chi connectivity index (χ3v) is 5.47. The highest BCUT2D eigenvalue weighted by Gasteiger charge is 2.27. The van der Waals surface area contributed by atoms with E-state index >= 15 is 0 Å². The number of imidazole rings is 1. The Morgan fingerprint density at radius 2 is 2.00 bits per heavy atom. The highest BCUT2D eigenvalue weighted by Crippen LogP contribution is 2.36. The number of benzene rings is 1. The molecule has 1 saturated carbocycles. The van der Waals surface area contributed by atoms with Crippen LogP contribution in [0.1, 0.15) is 44.5 Å². The number of fused-ring (bicyclic) bond motifs is 1. The first-order valence-corrected chi connectivity index (χ1v) is 8.97. The zero-order valence-corrected chi connectivity index (χ0v) is 14.4. The van der Waals surface area contributed by atoms with Gasteiger partial charge in [0.2, 0.25) is 0 Å². The summed E-state index contributed by atoms with van der Waals surface area (Å²) in [7, 11) is 0. The average Bonchev–Trinajstić information content (AvgIpc) is 3.08. The second-order valence-corrected chi connectivity index (χ2v) is 7.23. The average molecular weight is 338 g/mol. The minimum absolute atomic E-state index is 0.166. The fourth-order valence-electron chi connectivity index (χ4n) is 3.83. The summed E-state index contributed by atoms with van der Waals surface area (Å²) in [5.41, 5.74) is 8.76. The molecule has 130 valence electrons. The van der Waals surface area contributed by atoms with Crippen LogP contribution in [-0.4, -0.2) is 15.0 Å². The summed E-state index contributed by atoms with van der Waals surface area (Å²) in [5, 5.41) is 0. The topological polar surface area (TPSA) is 67.6 Å². The van der Waals surface area contributed by atoms with E-state index in [2.05, 4.69) is 21.9 Å². The molecule has 1 atom stereocenters. The van der Waals surface area contributed by atoms with Crippen LogP contribution in [0.3, 0.4) is 0 Å². The fraction of sp³-hybridized carbons (Fsp3) is 0.400. The molecule has 1 aliphatic carbocycles. The van der Waals surface area contributed by atoms with Crippen LogP contribution >= 0.6 is 0 Å². The maximum Gasteiger partial charge on any atom is 0.158 e. The number of aromatic amines is 1. The molecule has 4 nitrogen and oxygen atoms in total. The van der Waals surface area contributed by atoms with Crippen LogP contribution < -0.4 is 5.73 Å². The van der Waals surface area contributed by atoms with Crippen molar-refractivity contribution < 1.29 is 4.39 Å². The first kappa shape index (κ1) is 16.2. The number of aromatic nitrogens is 3. The van der Waals surface area contributed by atoms with Crippen LogP contribution in [0.2, 0.25) is 0 Å². The van der Waals surface area contributed by atoms with Gasteiger partial charge in [0.1, 0.15) is 11.3 Å². The molecule has 3 N–H and O–H groups in total. The van der Waals surface area contributed by atoms with Gasteiger partial charge in [0.25, 0.3) is 0 Å². The first-order valence-electron chi connectivity index (χ1n) is 8.97. The van der Waals surface area contributed by atoms with E-state index < -0.39 is 0 Å². The lowest BCUT2D eigenvalue weighted by molar-refractivity contribution is 0.252. The van der Waals surface area contributed by atoms with Gasteiger partial charge in [-0.2, -0.15) is 0 Å². The molecule has 0 unspecified atom stereocenters. The monoisotopic (exact) mass is 338 g/mol. The van der Waals surface area contributed by atoms with Gasteiger partial charge < -0.3 is 10.7 Å². The Kier molecular flexibility index (Phi) is 4.25. The van der Waals surface area contributed by atoms with Crippen molar-refractivity contribution in [1.29, 1.82) is 0 Å². The van der Waals surface area contributed by atoms with Gasteiger partial charge in [-0.05, 0) is 42.9 Å². The predicted molar refractivity (Wildman–Crippen MR) is 97.3 cm³/mol. The van der Waals surface area contributed by atoms with E-state index in [0.29, 0.717) is 28.3 Å². The highest BCUT2D eigenvalue weighted by molar-refractivity contribution is 5.83. The lowest BCUT2D eigenvalue weighted by Crippen LogP contribution is -2.26. The smallest absolute Gasteiger partial charge is 0.158 e. The van der Waals surface area contributed by atoms with Crippen molar-refractivity contribution in [2.45, 2.75) is 38.6 Å². The third-order valence-electron chi connectivity index (χ3n) is 5.47. The summed E-state index contributed by atoms with van der Waals surface area (Å²) in [6, 6.07) is 7.12. The molecule has 0 aliphatic heterocycles. The van der Waals surface area contributed by atoms with E-state index in [1.165, 1.54) is 12.8 Å². The van der Waals surface area contributed by atoms with E-state index in [0.717, 1.165) is 24.3 Å². The van der Waals surface area contributed by atoms with E-state index in [4.69, 9.17) is 5.73 Å². The summed E-state index contributed by atoms with van der Waals surface area (Å²) < 4.78 is 15.0. The lowest BCUT2D eigenvalue weighted by Gasteiger charge is -2.29. The van der Waals surface area contributed by atoms with Gasteiger partial charge in [0, 0.05) is 23.5 Å². The van der Waals surface area contributed by atoms with E-state index in [1.807, 2.05) is 12.1 Å². The molecule has 0 spiro atoms. The van der Waals surface area contributed by atoms with Gasteiger partial charge >= 0.3 is 0 Å². The minimum Gasteiger partial charge on any atom is -0.341 e. The van der Waals surface area contributed by atoms with Crippen LogP contribution in [0.15, 0.2) is 36.7 Å². The second kappa shape index (κ2) is 6.56. The van der Waals surface area contributed by atoms with Gasteiger partial charge in [-0.15, -0.1) is 0 Å². The highest BCUT2D eigenvalue weighted by atomic mass is 19.1. The minimum atomic E-state index is -0.322. The molecule has 0 radical (unpaired) electrons. The summed E-state index contributed by atoms with van der Waals surface area (Å²) >= 11 is 0. The van der Waals surface area contributed by atoms with E-state index in [9.17, 15) is 4.39 Å². The van der Waals surface area contributed by atoms with Crippen molar-refractivity contribution in [3.8, 4) is 11.1 Å². The Bertz CT molecular complexity index is 866. The van der Waals surface area contributed by atoms with E-state index in [1.54, 1.807) is 24.5 Å². The van der Waals surface area contributed by atoms with Gasteiger partial charge in [-0.25, -0.2) is 9.37 Å². The van der Waals surface area contributed by atoms with Crippen molar-refractivity contribution in [1.82, 2.24) is 15.0 Å². The number of rotatable bonds is 3. The van der Waals surface area contributed by atoms with Gasteiger partial charge in [0.05, 0.1) is 11.6 Å². The third kappa shape index (κ3) is 3.04. The van der Waals surface area contributed by atoms with Crippen LogP contribution in [-0.2, 0) is 0 Å². The molecule has 3 aromatic rings. The van der Waals surface area contributed by atoms with Crippen molar-refractivity contribution in [3.05, 3.63) is 48.3 Å². The van der Waals surface area contributed by atoms with Crippen LogP contribution in [0.5, 0.6) is 0 Å². The Morgan fingerprint density at radius 1 is 1.20 bits per heavy atom. The molecular weight excluding hydrogens is 315 g/mol. The Hall–Kier alpha value is -2.27. The summed E-state index contributed by atoms with van der Waals surface area (Å²) in [4.78, 5) is 11.8. The molecule has 1 aliphatic rings. The van der Waals surface area contributed by atoms with Gasteiger partial charge in [-0.1, -0.05) is 25.8 Å². The number of nitrogens with two attached hydrogens (primary N) is 1. The van der Waals surface area contributed by atoms with Crippen LogP contribution in [0.4, 0.5) is 4.39 Å². The predicted octanol–water partition coefficient (Wildman–Crippen LogP) is 4.59. The SMILES string of the molecule is CC1CCC([C@H](N)c2nc3c(F)c(-c4cccnc4)ccc3[nH]2)CC1. The molecule has 4 rings (SSSR count). The summed E-state index contributed by atoms with van der Waals surface area (Å²) in [6.45, 7) is 2.29. The molecule has 2 aromatic heterocycles. The Labute approximate surface area is 146 Å². The standard InChI is InChI=1S/C20H23FN4/c1-12-4-6-13(7-5-12)18(22)20-24-16-9-8-15(17(21)19(16)25-20)14-3-2-10-23-11-14/h2-3,8-13,18H,4-7,22H2,1H3,(H,24,25)/t12?,13?,18-/m0/s1. The van der Waals surface area contributed by atoms with Crippen LogP contribution in [0.25, 0.3) is 22.2 Å². The molecule has 0 amide bonds. The number of hydrogen-bond donors (Lipinski definition) is 2. The number of nitrogens with zero attached hydrogens (tertiary/aromatic N) is 2. The molecule has 25 heavy (non-hydrogen) atoms. The summed E-state index contributed by atoms with van der Waals surface area (Å²) in [6.07, 6.45) is 7.98. The first-order chi connectivity index (χ1) is 12.1. The zero-order chi connectivity index (χ0) is 17.4. The second-order valence-electron chi connectivity index (χ2n) is 7.23. The molecule has 0 saturated heterocycles. The van der Waals surface area contributed by atoms with Crippen molar-refractivity contribution >= 4 is 11.0 Å². The van der Waals surface area contributed by atoms with Gasteiger partial charge in [0.15, 0.2) is 5.82 Å². The van der Waals surface area contributed by atoms with Crippen LogP contribution in [0, 0.1) is 17.7 Å². The molecule has 1 fully saturated rings. The number of hydrogen-bond acceptors (Lipinski definition) is 3. The zero-order valence-electron chi connectivity index (χ0n) is 14.4. The maximum atomic E-state index is 15.0. The van der Waals surface area contributed by atoms with Crippen molar-refractivity contribution in [2.24, 2.45) is 17.6 Å². The maximum absolute atomic E-state index is 15.0. The molecule has 1 aromatic carbocycles. The lowest BCUT2D eigenvalue weighted by atomic mass is 9.79. The van der Waals surface area contributed by atoms with Crippen molar-refractivity contribution in [3.63, 3.8) is 0 Å². The van der Waals surface area contributed by atoms with Gasteiger partial charge in [-0.3, -0.25) is 4.98 Å². The number of H-pyrrole nitrogens is 1. The number of halogens is 1. The van der Waals surface area contributed by atoms with E-state index in [-0.39, 0.29) is 11.9 Å². The Balaban J connectivity index is 1.67. The Morgan fingerprint density at radius 3 is 2.72 bits per heavy atom. The van der Waals surface area contributed by atoms with Crippen molar-refractivity contribution in [2.75, 3.05) is 0 Å². The normalized spacial score (nSPS) is 22.2. The quantitative estimate of drug-likeness (QED) is 0.734. The molecule has 0 bridgehead atoms. The molecular formula is C20H23FN4. The molecule has 5 heteroatoms. The fourth-order valence-corrected chi connectivity index (χ4v) is 3.83. The molecule has 2 heterocycles. The number of nitrogens with one attached hydrogen (secondary N) is 1.